The largest absolute Gasteiger partial charge is 0.497 e. The summed E-state index contributed by atoms with van der Waals surface area (Å²) >= 11 is 1.27. The van der Waals surface area contributed by atoms with Crippen molar-refractivity contribution in [3.63, 3.8) is 0 Å². The van der Waals surface area contributed by atoms with Crippen LogP contribution in [0.2, 0.25) is 0 Å². The van der Waals surface area contributed by atoms with E-state index in [-0.39, 0.29) is 30.2 Å². The molecule has 12 heteroatoms. The van der Waals surface area contributed by atoms with E-state index < -0.39 is 0 Å². The van der Waals surface area contributed by atoms with Crippen LogP contribution in [0.3, 0.4) is 0 Å². The second kappa shape index (κ2) is 13.6. The maximum absolute atomic E-state index is 13.6. The second-order valence-electron chi connectivity index (χ2n) is 10.2. The third-order valence-corrected chi connectivity index (χ3v) is 8.33. The van der Waals surface area contributed by atoms with Crippen molar-refractivity contribution in [1.29, 1.82) is 0 Å². The van der Waals surface area contributed by atoms with Gasteiger partial charge in [0.2, 0.25) is 0 Å². The topological polar surface area (TPSA) is 120 Å². The summed E-state index contributed by atoms with van der Waals surface area (Å²) in [6, 6.07) is 20.6. The van der Waals surface area contributed by atoms with Gasteiger partial charge in [-0.05, 0) is 54.4 Å². The number of rotatable bonds is 11. The Morgan fingerprint density at radius 1 is 0.909 bits per heavy atom. The number of ether oxygens (including phenoxy) is 3. The fourth-order valence-electron chi connectivity index (χ4n) is 4.76. The molecule has 11 nitrogen and oxygen atoms in total. The first-order chi connectivity index (χ1) is 21.3. The van der Waals surface area contributed by atoms with Crippen molar-refractivity contribution in [3.05, 3.63) is 94.8 Å². The Hall–Kier alpha value is -4.84. The molecule has 2 heterocycles. The fourth-order valence-corrected chi connectivity index (χ4v) is 5.55. The van der Waals surface area contributed by atoms with Crippen LogP contribution in [-0.4, -0.2) is 64.4 Å². The Morgan fingerprint density at radius 3 is 2.20 bits per heavy atom. The lowest BCUT2D eigenvalue weighted by Crippen LogP contribution is -2.28. The van der Waals surface area contributed by atoms with Gasteiger partial charge in [0.05, 0.1) is 45.4 Å². The number of nitrogens with zero attached hydrogens (tertiary/aromatic N) is 5. The maximum Gasteiger partial charge on any atom is 0.253 e. The Labute approximate surface area is 260 Å². The molecule has 1 aliphatic rings. The van der Waals surface area contributed by atoms with Crippen LogP contribution >= 0.6 is 11.8 Å². The number of aromatic nitrogens is 3. The quantitative estimate of drug-likeness (QED) is 0.245. The Balaban J connectivity index is 1.26. The van der Waals surface area contributed by atoms with Crippen molar-refractivity contribution < 1.29 is 23.8 Å². The molecule has 44 heavy (non-hydrogen) atoms. The third kappa shape index (κ3) is 6.86. The van der Waals surface area contributed by atoms with Crippen LogP contribution in [0.4, 0.5) is 0 Å². The van der Waals surface area contributed by atoms with Gasteiger partial charge in [0.15, 0.2) is 11.0 Å². The van der Waals surface area contributed by atoms with Gasteiger partial charge in [0, 0.05) is 25.1 Å². The molecule has 0 saturated heterocycles. The minimum atomic E-state index is -0.309. The highest BCUT2D eigenvalue weighted by Gasteiger charge is 2.33. The maximum atomic E-state index is 13.6. The van der Waals surface area contributed by atoms with Gasteiger partial charge in [-0.3, -0.25) is 9.59 Å². The molecule has 0 bridgehead atoms. The van der Waals surface area contributed by atoms with E-state index in [9.17, 15) is 9.59 Å². The van der Waals surface area contributed by atoms with Crippen LogP contribution in [0, 0.1) is 6.92 Å². The van der Waals surface area contributed by atoms with Crippen LogP contribution in [0.15, 0.2) is 77.0 Å². The number of thioether (sulfide) groups is 1. The molecule has 1 aromatic heterocycles. The van der Waals surface area contributed by atoms with Crippen molar-refractivity contribution in [3.8, 4) is 17.2 Å². The number of carbonyl (C=O) groups excluding carboxylic acids is 2. The van der Waals surface area contributed by atoms with Gasteiger partial charge in [0.25, 0.3) is 11.8 Å². The van der Waals surface area contributed by atoms with E-state index in [1.807, 2.05) is 55.5 Å². The Morgan fingerprint density at radius 2 is 1.57 bits per heavy atom. The van der Waals surface area contributed by atoms with Gasteiger partial charge >= 0.3 is 0 Å². The highest BCUT2D eigenvalue weighted by molar-refractivity contribution is 7.99. The molecular formula is C32H34N6O5S. The summed E-state index contributed by atoms with van der Waals surface area (Å²) < 4.78 is 17.6. The van der Waals surface area contributed by atoms with Crippen molar-refractivity contribution in [1.82, 2.24) is 25.1 Å². The van der Waals surface area contributed by atoms with E-state index >= 15 is 0 Å². The number of aryl methyl sites for hydroxylation is 1. The summed E-state index contributed by atoms with van der Waals surface area (Å²) in [4.78, 5) is 26.4. The molecule has 2 amide bonds. The molecule has 0 unspecified atom stereocenters. The number of hydrogen-bond acceptors (Lipinski definition) is 9. The minimum Gasteiger partial charge on any atom is -0.497 e. The lowest BCUT2D eigenvalue weighted by Gasteiger charge is -2.22. The highest BCUT2D eigenvalue weighted by atomic mass is 32.2. The second-order valence-corrected chi connectivity index (χ2v) is 11.1. The average molecular weight is 615 g/mol. The van der Waals surface area contributed by atoms with E-state index in [2.05, 4.69) is 15.5 Å². The van der Waals surface area contributed by atoms with Gasteiger partial charge in [-0.15, -0.1) is 10.2 Å². The monoisotopic (exact) mass is 614 g/mol. The van der Waals surface area contributed by atoms with Gasteiger partial charge in [-0.25, -0.2) is 5.01 Å². The smallest absolute Gasteiger partial charge is 0.253 e. The summed E-state index contributed by atoms with van der Waals surface area (Å²) in [6.45, 7) is 2.18. The van der Waals surface area contributed by atoms with Crippen molar-refractivity contribution >= 4 is 29.3 Å². The first-order valence-electron chi connectivity index (χ1n) is 13.9. The summed E-state index contributed by atoms with van der Waals surface area (Å²) in [7, 11) is 6.48. The molecule has 0 fully saturated rings. The first-order valence-corrected chi connectivity index (χ1v) is 14.9. The fraction of sp³-hybridized carbons (Fsp3) is 0.281. The molecule has 0 spiro atoms. The lowest BCUT2D eigenvalue weighted by molar-refractivity contribution is -0.130. The zero-order chi connectivity index (χ0) is 31.2. The van der Waals surface area contributed by atoms with E-state index in [4.69, 9.17) is 19.3 Å². The van der Waals surface area contributed by atoms with Crippen molar-refractivity contribution in [2.24, 2.45) is 12.1 Å². The molecule has 5 rings (SSSR count). The minimum absolute atomic E-state index is 0.115. The lowest BCUT2D eigenvalue weighted by atomic mass is 9.97. The highest BCUT2D eigenvalue weighted by Crippen LogP contribution is 2.34. The number of nitrogens with one attached hydrogen (secondary N) is 1. The van der Waals surface area contributed by atoms with Gasteiger partial charge in [-0.1, -0.05) is 41.6 Å². The molecule has 0 radical (unpaired) electrons. The molecule has 1 N–H and O–H groups in total. The third-order valence-electron chi connectivity index (χ3n) is 7.32. The van der Waals surface area contributed by atoms with E-state index in [1.54, 1.807) is 41.9 Å². The molecular weight excluding hydrogens is 580 g/mol. The molecule has 0 saturated carbocycles. The van der Waals surface area contributed by atoms with Crippen molar-refractivity contribution in [2.45, 2.75) is 31.1 Å². The number of carbonyl (C=O) groups is 2. The van der Waals surface area contributed by atoms with Crippen LogP contribution in [0.5, 0.6) is 17.2 Å². The Kier molecular flexibility index (Phi) is 9.49. The van der Waals surface area contributed by atoms with Crippen LogP contribution in [0.25, 0.3) is 0 Å². The predicted octanol–water partition coefficient (Wildman–Crippen LogP) is 4.55. The zero-order valence-corrected chi connectivity index (χ0v) is 26.1. The molecule has 0 aliphatic carbocycles. The molecule has 4 aromatic rings. The molecule has 228 valence electrons. The van der Waals surface area contributed by atoms with Crippen LogP contribution in [0.1, 0.15) is 45.3 Å². The van der Waals surface area contributed by atoms with E-state index in [0.29, 0.717) is 34.5 Å². The number of hydrogen-bond donors (Lipinski definition) is 1. The number of methoxy groups -OCH3 is 3. The number of benzene rings is 3. The summed E-state index contributed by atoms with van der Waals surface area (Å²) in [5.74, 6) is 1.99. The van der Waals surface area contributed by atoms with E-state index in [0.717, 1.165) is 28.2 Å². The summed E-state index contributed by atoms with van der Waals surface area (Å²) in [5.41, 5.74) is 4.34. The molecule has 3 aromatic carbocycles. The molecule has 1 aliphatic heterocycles. The number of amides is 2. The average Bonchev–Trinajstić information content (AvgIpc) is 3.66. The van der Waals surface area contributed by atoms with Gasteiger partial charge < -0.3 is 24.1 Å². The summed E-state index contributed by atoms with van der Waals surface area (Å²) in [5, 5.41) is 18.2. The number of hydrazone groups is 1. The van der Waals surface area contributed by atoms with Gasteiger partial charge in [-0.2, -0.15) is 5.10 Å². The van der Waals surface area contributed by atoms with E-state index in [1.165, 1.54) is 26.0 Å². The zero-order valence-electron chi connectivity index (χ0n) is 25.2. The Bertz CT molecular complexity index is 1650. The van der Waals surface area contributed by atoms with Crippen LogP contribution in [-0.2, 0) is 18.4 Å². The van der Waals surface area contributed by atoms with Gasteiger partial charge in [0.1, 0.15) is 17.2 Å². The van der Waals surface area contributed by atoms with Crippen molar-refractivity contribution in [2.75, 3.05) is 27.1 Å². The van der Waals surface area contributed by atoms with Crippen LogP contribution < -0.4 is 19.5 Å². The first kappa shape index (κ1) is 30.6. The molecule has 1 atom stereocenters. The SMILES string of the molecule is COc1ccc(C2=NN(C(=O)CSc3nnc(CNC(=O)c4cc(OC)cc(OC)c4)n3C)[C@@H](c3ccc(C)cc3)C2)cc1. The predicted molar refractivity (Wildman–Crippen MR) is 167 cm³/mol. The normalized spacial score (nSPS) is 14.2. The summed E-state index contributed by atoms with van der Waals surface area (Å²) in [6.07, 6.45) is 0.596. The standard InChI is InChI=1S/C32H34N6O5S/c1-20-6-8-22(9-7-20)28-17-27(21-10-12-24(41-3)13-11-21)36-38(28)30(39)19-44-32-35-34-29(37(32)2)18-33-31(40)23-14-25(42-4)16-26(15-23)43-5/h6-16,28H,17-19H2,1-5H3,(H,33,40)/t28-/m1/s1.